The van der Waals surface area contributed by atoms with E-state index < -0.39 is 12.1 Å². The molecule has 0 spiro atoms. The number of esters is 1. The number of carbonyl (C=O) groups excluding carboxylic acids is 2. The third kappa shape index (κ3) is 65.9. The Hall–Kier alpha value is -1.14. The molecule has 0 aliphatic rings. The summed E-state index contributed by atoms with van der Waals surface area (Å²) in [6.07, 6.45) is 84.5. The third-order valence-corrected chi connectivity index (χ3v) is 17.7. The van der Waals surface area contributed by atoms with Gasteiger partial charge in [-0.2, -0.15) is 0 Å². The molecule has 0 rings (SSSR count). The highest BCUT2D eigenvalue weighted by Crippen LogP contribution is 2.20. The fraction of sp³-hybridized carbons (Fsp3) is 0.973. The number of aliphatic hydroxyl groups is 2. The third-order valence-electron chi connectivity index (χ3n) is 17.7. The highest BCUT2D eigenvalue weighted by molar-refractivity contribution is 5.76. The van der Waals surface area contributed by atoms with Gasteiger partial charge in [-0.05, 0) is 25.7 Å². The van der Waals surface area contributed by atoms with Gasteiger partial charge < -0.3 is 20.3 Å². The average molecular weight is 1120 g/mol. The number of aliphatic hydroxyl groups excluding tert-OH is 2. The van der Waals surface area contributed by atoms with Gasteiger partial charge in [0.2, 0.25) is 5.91 Å². The molecule has 6 heteroatoms. The normalized spacial score (nSPS) is 12.4. The van der Waals surface area contributed by atoms with Crippen LogP contribution >= 0.6 is 0 Å². The molecule has 0 fully saturated rings. The standard InChI is InChI=1S/C73H145NO5/c1-3-5-7-9-11-13-15-17-19-21-30-35-39-43-47-51-55-59-63-67-73(78)79-68-64-60-56-52-48-44-40-36-32-29-27-25-23-22-24-26-28-31-34-38-42-46-50-54-58-62-66-72(77)74-70(69-75)71(76)65-61-57-53-49-45-41-37-33-20-18-16-14-12-10-8-6-4-2/h70-71,75-76H,3-69H2,1-2H3,(H,74,77). The van der Waals surface area contributed by atoms with Crippen molar-refractivity contribution in [3.63, 3.8) is 0 Å². The van der Waals surface area contributed by atoms with Crippen molar-refractivity contribution < 1.29 is 24.5 Å². The smallest absolute Gasteiger partial charge is 0.305 e. The summed E-state index contributed by atoms with van der Waals surface area (Å²) >= 11 is 0. The van der Waals surface area contributed by atoms with Crippen molar-refractivity contribution in [2.45, 2.75) is 443 Å². The Balaban J connectivity index is 3.32. The van der Waals surface area contributed by atoms with Crippen LogP contribution < -0.4 is 5.32 Å². The fourth-order valence-electron chi connectivity index (χ4n) is 12.1. The number of nitrogens with one attached hydrogen (secondary N) is 1. The first-order valence-electron chi connectivity index (χ1n) is 36.8. The lowest BCUT2D eigenvalue weighted by molar-refractivity contribution is -0.143. The summed E-state index contributed by atoms with van der Waals surface area (Å²) in [5, 5.41) is 23.4. The first-order valence-corrected chi connectivity index (χ1v) is 36.8. The van der Waals surface area contributed by atoms with E-state index in [1.807, 2.05) is 0 Å². The van der Waals surface area contributed by atoms with Crippen LogP contribution in [0.15, 0.2) is 0 Å². The molecule has 0 aliphatic heterocycles. The molecule has 2 atom stereocenters. The summed E-state index contributed by atoms with van der Waals surface area (Å²) in [7, 11) is 0. The van der Waals surface area contributed by atoms with Crippen molar-refractivity contribution in [1.82, 2.24) is 5.32 Å². The number of amides is 1. The maximum Gasteiger partial charge on any atom is 0.305 e. The second-order valence-corrected chi connectivity index (χ2v) is 25.6. The molecule has 0 bridgehead atoms. The number of ether oxygens (including phenoxy) is 1. The maximum atomic E-state index is 12.5. The molecule has 0 aromatic carbocycles. The molecule has 1 amide bonds. The average Bonchev–Trinajstić information content (AvgIpc) is 3.45. The zero-order valence-electron chi connectivity index (χ0n) is 54.2. The van der Waals surface area contributed by atoms with E-state index in [0.29, 0.717) is 25.9 Å². The summed E-state index contributed by atoms with van der Waals surface area (Å²) in [6, 6.07) is -0.539. The molecule has 6 nitrogen and oxygen atoms in total. The predicted octanol–water partition coefficient (Wildman–Crippen LogP) is 23.8. The molecule has 79 heavy (non-hydrogen) atoms. The van der Waals surface area contributed by atoms with Gasteiger partial charge in [0.1, 0.15) is 0 Å². The van der Waals surface area contributed by atoms with Crippen LogP contribution in [0.5, 0.6) is 0 Å². The van der Waals surface area contributed by atoms with E-state index in [1.54, 1.807) is 0 Å². The SMILES string of the molecule is CCCCCCCCCCCCCCCCCCCCCC(=O)OCCCCCCCCCCCCCCCCCCCCCCCCCCCCC(=O)NC(CO)C(O)CCCCCCCCCCCCCCCCCCC. The van der Waals surface area contributed by atoms with Crippen molar-refractivity contribution in [2.24, 2.45) is 0 Å². The topological polar surface area (TPSA) is 95.9 Å². The van der Waals surface area contributed by atoms with Crippen LogP contribution in [0.4, 0.5) is 0 Å². The Labute approximate surface area is 496 Å². The quantitative estimate of drug-likeness (QED) is 0.0417. The van der Waals surface area contributed by atoms with Crippen LogP contribution in [-0.4, -0.2) is 47.4 Å². The number of hydrogen-bond donors (Lipinski definition) is 3. The van der Waals surface area contributed by atoms with Gasteiger partial charge in [-0.3, -0.25) is 9.59 Å². The van der Waals surface area contributed by atoms with Crippen LogP contribution in [0, 0.1) is 0 Å². The minimum atomic E-state index is -0.662. The van der Waals surface area contributed by atoms with Gasteiger partial charge in [0.15, 0.2) is 0 Å². The maximum absolute atomic E-state index is 12.5. The Morgan fingerprint density at radius 3 is 0.772 bits per heavy atom. The molecule has 472 valence electrons. The first-order chi connectivity index (χ1) is 39.0. The van der Waals surface area contributed by atoms with Gasteiger partial charge in [-0.25, -0.2) is 0 Å². The number of rotatable bonds is 70. The van der Waals surface area contributed by atoms with E-state index >= 15 is 0 Å². The highest BCUT2D eigenvalue weighted by Gasteiger charge is 2.20. The Morgan fingerprint density at radius 1 is 0.304 bits per heavy atom. The Morgan fingerprint density at radius 2 is 0.519 bits per heavy atom. The molecule has 0 saturated carbocycles. The number of hydrogen-bond acceptors (Lipinski definition) is 5. The number of unbranched alkanes of at least 4 members (excludes halogenated alkanes) is 59. The minimum absolute atomic E-state index is 0.0236. The zero-order chi connectivity index (χ0) is 57.1. The predicted molar refractivity (Wildman–Crippen MR) is 347 cm³/mol. The zero-order valence-corrected chi connectivity index (χ0v) is 54.2. The summed E-state index contributed by atoms with van der Waals surface area (Å²) < 4.78 is 5.52. The van der Waals surface area contributed by atoms with E-state index in [4.69, 9.17) is 4.74 Å². The monoisotopic (exact) mass is 1120 g/mol. The van der Waals surface area contributed by atoms with Crippen LogP contribution in [0.2, 0.25) is 0 Å². The highest BCUT2D eigenvalue weighted by atomic mass is 16.5. The lowest BCUT2D eigenvalue weighted by Gasteiger charge is -2.22. The van der Waals surface area contributed by atoms with E-state index in [0.717, 1.165) is 38.5 Å². The van der Waals surface area contributed by atoms with Gasteiger partial charge in [0.25, 0.3) is 0 Å². The van der Waals surface area contributed by atoms with Crippen LogP contribution in [0.1, 0.15) is 431 Å². The van der Waals surface area contributed by atoms with E-state index in [9.17, 15) is 19.8 Å². The number of carbonyl (C=O) groups is 2. The molecular formula is C73H145NO5. The van der Waals surface area contributed by atoms with Crippen LogP contribution in [0.25, 0.3) is 0 Å². The summed E-state index contributed by atoms with van der Waals surface area (Å²) in [6.45, 7) is 5.01. The lowest BCUT2D eigenvalue weighted by Crippen LogP contribution is -2.45. The molecule has 2 unspecified atom stereocenters. The van der Waals surface area contributed by atoms with Crippen molar-refractivity contribution in [2.75, 3.05) is 13.2 Å². The van der Waals surface area contributed by atoms with Gasteiger partial charge >= 0.3 is 5.97 Å². The van der Waals surface area contributed by atoms with Crippen molar-refractivity contribution in [3.05, 3.63) is 0 Å². The van der Waals surface area contributed by atoms with Crippen molar-refractivity contribution in [3.8, 4) is 0 Å². The fourth-order valence-corrected chi connectivity index (χ4v) is 12.1. The molecule has 3 N–H and O–H groups in total. The van der Waals surface area contributed by atoms with E-state index in [1.165, 1.54) is 360 Å². The van der Waals surface area contributed by atoms with E-state index in [-0.39, 0.29) is 18.5 Å². The molecule has 0 radical (unpaired) electrons. The van der Waals surface area contributed by atoms with Crippen LogP contribution in [-0.2, 0) is 14.3 Å². The van der Waals surface area contributed by atoms with Crippen molar-refractivity contribution >= 4 is 11.9 Å². The first kappa shape index (κ1) is 77.9. The summed E-state index contributed by atoms with van der Waals surface area (Å²) in [5.74, 6) is -0.00442. The minimum Gasteiger partial charge on any atom is -0.466 e. The second kappa shape index (κ2) is 69.4. The van der Waals surface area contributed by atoms with Crippen LogP contribution in [0.3, 0.4) is 0 Å². The van der Waals surface area contributed by atoms with Gasteiger partial charge in [-0.15, -0.1) is 0 Å². The van der Waals surface area contributed by atoms with Crippen molar-refractivity contribution in [1.29, 1.82) is 0 Å². The largest absolute Gasteiger partial charge is 0.466 e. The molecule has 0 aliphatic carbocycles. The molecule has 0 aromatic rings. The molecule has 0 saturated heterocycles. The van der Waals surface area contributed by atoms with E-state index in [2.05, 4.69) is 19.2 Å². The molecule has 0 heterocycles. The second-order valence-electron chi connectivity index (χ2n) is 25.6. The summed E-state index contributed by atoms with van der Waals surface area (Å²) in [5.41, 5.74) is 0. The molecular weight excluding hydrogens is 971 g/mol. The van der Waals surface area contributed by atoms with Gasteiger partial charge in [-0.1, -0.05) is 393 Å². The Kier molecular flexibility index (Phi) is 68.4. The molecule has 0 aromatic heterocycles. The summed E-state index contributed by atoms with van der Waals surface area (Å²) in [4.78, 5) is 24.7. The van der Waals surface area contributed by atoms with Gasteiger partial charge in [0, 0.05) is 12.8 Å². The lowest BCUT2D eigenvalue weighted by atomic mass is 10.0. The Bertz CT molecular complexity index is 1150. The van der Waals surface area contributed by atoms with Gasteiger partial charge in [0.05, 0.1) is 25.4 Å².